The summed E-state index contributed by atoms with van der Waals surface area (Å²) in [6.07, 6.45) is 2.46. The van der Waals surface area contributed by atoms with Gasteiger partial charge in [0.2, 0.25) is 0 Å². The van der Waals surface area contributed by atoms with Gasteiger partial charge in [0.15, 0.2) is 0 Å². The smallest absolute Gasteiger partial charge is 0.278 e. The van der Waals surface area contributed by atoms with Crippen LogP contribution in [0.15, 0.2) is 30.5 Å². The van der Waals surface area contributed by atoms with Crippen molar-refractivity contribution in [2.24, 2.45) is 0 Å². The Kier molecular flexibility index (Phi) is 6.05. The predicted molar refractivity (Wildman–Crippen MR) is 84.2 cm³/mol. The van der Waals surface area contributed by atoms with Gasteiger partial charge in [-0.15, -0.1) is 0 Å². The Balaban J connectivity index is 1.97. The average Bonchev–Trinajstić information content (AvgIpc) is 2.53. The van der Waals surface area contributed by atoms with Crippen LogP contribution >= 0.6 is 0 Å². The fourth-order valence-corrected chi connectivity index (χ4v) is 2.10. The Morgan fingerprint density at radius 3 is 2.91 bits per heavy atom. The van der Waals surface area contributed by atoms with E-state index in [-0.39, 0.29) is 5.69 Å². The van der Waals surface area contributed by atoms with E-state index < -0.39 is 4.92 Å². The molecule has 0 bridgehead atoms. The fourth-order valence-electron chi connectivity index (χ4n) is 2.10. The quantitative estimate of drug-likeness (QED) is 0.435. The Hall–Kier alpha value is -2.25. The van der Waals surface area contributed by atoms with Crippen LogP contribution in [0.4, 0.5) is 11.4 Å². The van der Waals surface area contributed by atoms with Crippen LogP contribution in [0.5, 0.6) is 0 Å². The molecule has 0 saturated heterocycles. The summed E-state index contributed by atoms with van der Waals surface area (Å²) in [6, 6.07) is 6.60. The molecule has 22 heavy (non-hydrogen) atoms. The summed E-state index contributed by atoms with van der Waals surface area (Å²) in [5.74, 6) is 0. The number of aromatic nitrogens is 1. The lowest BCUT2D eigenvalue weighted by molar-refractivity contribution is -0.383. The molecule has 2 aromatic rings. The Morgan fingerprint density at radius 2 is 2.14 bits per heavy atom. The van der Waals surface area contributed by atoms with Gasteiger partial charge in [-0.1, -0.05) is 0 Å². The summed E-state index contributed by atoms with van der Waals surface area (Å²) in [6.45, 7) is 2.51. The van der Waals surface area contributed by atoms with E-state index in [4.69, 9.17) is 9.47 Å². The van der Waals surface area contributed by atoms with Crippen LogP contribution in [0.3, 0.4) is 0 Å². The molecule has 7 nitrogen and oxygen atoms in total. The van der Waals surface area contributed by atoms with Gasteiger partial charge in [0.05, 0.1) is 29.2 Å². The lowest BCUT2D eigenvalue weighted by Gasteiger charge is -2.09. The molecule has 1 aromatic heterocycles. The van der Waals surface area contributed by atoms with Crippen LogP contribution in [0.25, 0.3) is 10.9 Å². The third-order valence-electron chi connectivity index (χ3n) is 3.16. The number of nitrogens with zero attached hydrogens (tertiary/aromatic N) is 2. The van der Waals surface area contributed by atoms with Crippen molar-refractivity contribution in [1.82, 2.24) is 4.98 Å². The van der Waals surface area contributed by atoms with Crippen LogP contribution < -0.4 is 5.32 Å². The molecule has 0 aliphatic carbocycles. The maximum atomic E-state index is 11.0. The lowest BCUT2D eigenvalue weighted by atomic mass is 10.1. The number of benzene rings is 1. The number of hydrogen-bond donors (Lipinski definition) is 1. The number of ether oxygens (including phenoxy) is 2. The molecule has 0 atom stereocenters. The zero-order valence-corrected chi connectivity index (χ0v) is 12.4. The minimum Gasteiger partial charge on any atom is -0.383 e. The molecule has 0 aliphatic rings. The SMILES string of the molecule is COCCOCCCNc1ccc([N+](=O)[O-])c2cccnc12. The van der Waals surface area contributed by atoms with Gasteiger partial charge in [-0.05, 0) is 24.6 Å². The van der Waals surface area contributed by atoms with Crippen LogP contribution in [-0.2, 0) is 9.47 Å². The maximum Gasteiger partial charge on any atom is 0.278 e. The number of pyridine rings is 1. The second-order valence-corrected chi connectivity index (χ2v) is 4.67. The molecule has 0 saturated carbocycles. The van der Waals surface area contributed by atoms with Crippen LogP contribution in [-0.4, -0.2) is 43.4 Å². The Morgan fingerprint density at radius 1 is 1.27 bits per heavy atom. The first kappa shape index (κ1) is 16.1. The van der Waals surface area contributed by atoms with Gasteiger partial charge in [0.1, 0.15) is 5.52 Å². The fraction of sp³-hybridized carbons (Fsp3) is 0.400. The molecule has 0 radical (unpaired) electrons. The standard InChI is InChI=1S/C15H19N3O4/c1-21-10-11-22-9-3-8-16-13-5-6-14(18(19)20)12-4-2-7-17-15(12)13/h2,4-7,16H,3,8-11H2,1H3. The summed E-state index contributed by atoms with van der Waals surface area (Å²) >= 11 is 0. The molecule has 2 rings (SSSR count). The van der Waals surface area contributed by atoms with E-state index >= 15 is 0 Å². The van der Waals surface area contributed by atoms with Crippen LogP contribution in [0.1, 0.15) is 6.42 Å². The van der Waals surface area contributed by atoms with Crippen molar-refractivity contribution in [3.05, 3.63) is 40.6 Å². The lowest BCUT2D eigenvalue weighted by Crippen LogP contribution is -2.09. The van der Waals surface area contributed by atoms with Gasteiger partial charge in [0, 0.05) is 32.5 Å². The zero-order valence-electron chi connectivity index (χ0n) is 12.4. The van der Waals surface area contributed by atoms with Crippen molar-refractivity contribution in [2.75, 3.05) is 38.8 Å². The first-order valence-corrected chi connectivity index (χ1v) is 7.06. The van der Waals surface area contributed by atoms with Crippen molar-refractivity contribution < 1.29 is 14.4 Å². The molecule has 0 aliphatic heterocycles. The van der Waals surface area contributed by atoms with Gasteiger partial charge in [0.25, 0.3) is 5.69 Å². The number of anilines is 1. The highest BCUT2D eigenvalue weighted by molar-refractivity contribution is 5.96. The molecular formula is C15H19N3O4. The van der Waals surface area contributed by atoms with Gasteiger partial charge in [-0.2, -0.15) is 0 Å². The van der Waals surface area contributed by atoms with Gasteiger partial charge in [-0.3, -0.25) is 15.1 Å². The second-order valence-electron chi connectivity index (χ2n) is 4.67. The second kappa shape index (κ2) is 8.26. The number of non-ortho nitro benzene ring substituents is 1. The van der Waals surface area contributed by atoms with Crippen LogP contribution in [0, 0.1) is 10.1 Å². The molecule has 1 N–H and O–H groups in total. The number of hydrogen-bond acceptors (Lipinski definition) is 6. The highest BCUT2D eigenvalue weighted by Gasteiger charge is 2.14. The average molecular weight is 305 g/mol. The normalized spacial score (nSPS) is 10.8. The number of nitro groups is 1. The molecule has 7 heteroatoms. The van der Waals surface area contributed by atoms with E-state index in [1.807, 2.05) is 0 Å². The monoisotopic (exact) mass is 305 g/mol. The first-order chi connectivity index (χ1) is 10.7. The molecule has 0 fully saturated rings. The summed E-state index contributed by atoms with van der Waals surface area (Å²) < 4.78 is 10.3. The number of nitrogens with one attached hydrogen (secondary N) is 1. The zero-order chi connectivity index (χ0) is 15.8. The van der Waals surface area contributed by atoms with Crippen molar-refractivity contribution in [2.45, 2.75) is 6.42 Å². The topological polar surface area (TPSA) is 86.5 Å². The van der Waals surface area contributed by atoms with E-state index in [1.165, 1.54) is 6.07 Å². The molecule has 1 heterocycles. The Bertz CT molecular complexity index is 633. The van der Waals surface area contributed by atoms with E-state index in [0.717, 1.165) is 12.1 Å². The highest BCUT2D eigenvalue weighted by atomic mass is 16.6. The van der Waals surface area contributed by atoms with Gasteiger partial charge < -0.3 is 14.8 Å². The van der Waals surface area contributed by atoms with E-state index in [9.17, 15) is 10.1 Å². The minimum atomic E-state index is -0.391. The molecule has 118 valence electrons. The molecule has 0 unspecified atom stereocenters. The minimum absolute atomic E-state index is 0.0662. The maximum absolute atomic E-state index is 11.0. The molecule has 0 spiro atoms. The Labute approximate surface area is 128 Å². The van der Waals surface area contributed by atoms with Crippen molar-refractivity contribution in [1.29, 1.82) is 0 Å². The van der Waals surface area contributed by atoms with Gasteiger partial charge in [-0.25, -0.2) is 0 Å². The number of nitro benzene ring substituents is 1. The largest absolute Gasteiger partial charge is 0.383 e. The third kappa shape index (κ3) is 4.12. The molecule has 1 aromatic carbocycles. The highest BCUT2D eigenvalue weighted by Crippen LogP contribution is 2.29. The van der Waals surface area contributed by atoms with E-state index in [1.54, 1.807) is 31.5 Å². The third-order valence-corrected chi connectivity index (χ3v) is 3.16. The van der Waals surface area contributed by atoms with E-state index in [2.05, 4.69) is 10.3 Å². The van der Waals surface area contributed by atoms with E-state index in [0.29, 0.717) is 37.3 Å². The molecular weight excluding hydrogens is 286 g/mol. The summed E-state index contributed by atoms with van der Waals surface area (Å²) in [7, 11) is 1.64. The van der Waals surface area contributed by atoms with Crippen LogP contribution in [0.2, 0.25) is 0 Å². The number of rotatable bonds is 9. The number of methoxy groups -OCH3 is 1. The van der Waals surface area contributed by atoms with Crippen molar-refractivity contribution >= 4 is 22.3 Å². The summed E-state index contributed by atoms with van der Waals surface area (Å²) in [5.41, 5.74) is 1.46. The number of fused-ring (bicyclic) bond motifs is 1. The summed E-state index contributed by atoms with van der Waals surface area (Å²) in [5, 5.41) is 14.8. The van der Waals surface area contributed by atoms with Crippen molar-refractivity contribution in [3.63, 3.8) is 0 Å². The first-order valence-electron chi connectivity index (χ1n) is 7.06. The molecule has 0 amide bonds. The summed E-state index contributed by atoms with van der Waals surface area (Å²) in [4.78, 5) is 14.9. The van der Waals surface area contributed by atoms with Crippen molar-refractivity contribution in [3.8, 4) is 0 Å². The predicted octanol–water partition coefficient (Wildman–Crippen LogP) is 2.61. The van der Waals surface area contributed by atoms with Gasteiger partial charge >= 0.3 is 0 Å².